The van der Waals surface area contributed by atoms with E-state index in [1.165, 1.54) is 10.7 Å². The van der Waals surface area contributed by atoms with Gasteiger partial charge >= 0.3 is 12.1 Å². The van der Waals surface area contributed by atoms with Crippen molar-refractivity contribution in [2.75, 3.05) is 11.9 Å². The van der Waals surface area contributed by atoms with Crippen LogP contribution in [-0.2, 0) is 11.2 Å². The van der Waals surface area contributed by atoms with Crippen LogP contribution in [0, 0.1) is 0 Å². The predicted octanol–water partition coefficient (Wildman–Crippen LogP) is 4.47. The fraction of sp³-hybridized carbons (Fsp3) is 0.417. The first kappa shape index (κ1) is 24.6. The summed E-state index contributed by atoms with van der Waals surface area (Å²) in [5, 5.41) is 20.0. The van der Waals surface area contributed by atoms with Crippen LogP contribution >= 0.6 is 11.6 Å². The van der Waals surface area contributed by atoms with Crippen molar-refractivity contribution in [1.82, 2.24) is 19.9 Å². The lowest BCUT2D eigenvalue weighted by molar-refractivity contribution is 0.0447. The minimum absolute atomic E-state index is 0.0153. The van der Waals surface area contributed by atoms with Crippen molar-refractivity contribution in [2.24, 2.45) is 0 Å². The third kappa shape index (κ3) is 5.43. The van der Waals surface area contributed by atoms with Crippen molar-refractivity contribution in [2.45, 2.75) is 58.3 Å². The van der Waals surface area contributed by atoms with E-state index in [4.69, 9.17) is 21.1 Å². The molecular weight excluding hydrogens is 474 g/mol. The zero-order chi connectivity index (χ0) is 25.5. The third-order valence-corrected chi connectivity index (χ3v) is 5.73. The highest BCUT2D eigenvalue weighted by Gasteiger charge is 2.38. The minimum atomic E-state index is -1.10. The number of carbonyl (C=O) groups excluding carboxylic acids is 1. The highest BCUT2D eigenvalue weighted by Crippen LogP contribution is 2.42. The molecule has 0 aliphatic carbocycles. The summed E-state index contributed by atoms with van der Waals surface area (Å²) in [6.07, 6.45) is 2.96. The lowest BCUT2D eigenvalue weighted by atomic mass is 9.97. The second-order valence-corrected chi connectivity index (χ2v) is 10.3. The van der Waals surface area contributed by atoms with E-state index in [0.717, 1.165) is 11.1 Å². The summed E-state index contributed by atoms with van der Waals surface area (Å²) in [6, 6.07) is 5.13. The van der Waals surface area contributed by atoms with E-state index in [1.54, 1.807) is 33.0 Å². The summed E-state index contributed by atoms with van der Waals surface area (Å²) in [7, 11) is 0. The van der Waals surface area contributed by atoms with Crippen molar-refractivity contribution >= 4 is 35.1 Å². The molecule has 35 heavy (non-hydrogen) atoms. The number of rotatable bonds is 6. The van der Waals surface area contributed by atoms with Gasteiger partial charge in [-0.3, -0.25) is 0 Å². The largest absolute Gasteiger partial charge is 0.485 e. The van der Waals surface area contributed by atoms with E-state index in [-0.39, 0.29) is 23.8 Å². The topological polar surface area (TPSA) is 127 Å². The maximum atomic E-state index is 12.1. The molecule has 3 heterocycles. The van der Waals surface area contributed by atoms with E-state index < -0.39 is 23.3 Å². The lowest BCUT2D eigenvalue weighted by Crippen LogP contribution is -2.45. The van der Waals surface area contributed by atoms with Crippen molar-refractivity contribution < 1.29 is 24.2 Å². The number of halogens is 1. The second-order valence-electron chi connectivity index (χ2n) is 9.88. The van der Waals surface area contributed by atoms with Crippen molar-refractivity contribution in [3.8, 4) is 5.75 Å². The van der Waals surface area contributed by atoms with E-state index in [1.807, 2.05) is 26.0 Å². The number of benzene rings is 1. The van der Waals surface area contributed by atoms with Crippen LogP contribution in [-0.4, -0.2) is 49.5 Å². The standard InChI is InChI=1S/C24H28ClN5O5/c1-13(28-18-6-7-30-20(29-18)17(11-27-30)21(31)32)16-9-15(25)8-14-10-24(5,34-19(14)16)12-26-22(33)35-23(2,3)4/h6-9,11,13H,10,12H2,1-5H3,(H,26,33)(H,28,29)(H,31,32). The number of amides is 1. The Morgan fingerprint density at radius 1 is 1.37 bits per heavy atom. The summed E-state index contributed by atoms with van der Waals surface area (Å²) in [4.78, 5) is 28.0. The van der Waals surface area contributed by atoms with Gasteiger partial charge in [0, 0.05) is 28.8 Å². The Morgan fingerprint density at radius 3 is 2.80 bits per heavy atom. The number of fused-ring (bicyclic) bond motifs is 2. The Bertz CT molecular complexity index is 1300. The SMILES string of the molecule is CC(Nc1ccn2ncc(C(=O)O)c2n1)c1cc(Cl)cc2c1OC(C)(CNC(=O)OC(C)(C)C)C2. The number of carbonyl (C=O) groups is 2. The van der Waals surface area contributed by atoms with Gasteiger partial charge in [0.1, 0.15) is 28.3 Å². The minimum Gasteiger partial charge on any atom is -0.485 e. The number of anilines is 1. The number of hydrogen-bond acceptors (Lipinski definition) is 7. The number of hydrogen-bond donors (Lipinski definition) is 3. The Morgan fingerprint density at radius 2 is 2.11 bits per heavy atom. The molecule has 0 saturated heterocycles. The maximum absolute atomic E-state index is 12.1. The summed E-state index contributed by atoms with van der Waals surface area (Å²) in [6.45, 7) is 9.53. The van der Waals surface area contributed by atoms with Gasteiger partial charge in [0.15, 0.2) is 5.65 Å². The van der Waals surface area contributed by atoms with E-state index in [2.05, 4.69) is 20.7 Å². The van der Waals surface area contributed by atoms with Gasteiger partial charge in [-0.2, -0.15) is 5.10 Å². The third-order valence-electron chi connectivity index (χ3n) is 5.51. The number of aromatic carboxylic acids is 1. The Balaban J connectivity index is 1.53. The fourth-order valence-corrected chi connectivity index (χ4v) is 4.26. The molecule has 0 fully saturated rings. The van der Waals surface area contributed by atoms with Crippen molar-refractivity contribution in [1.29, 1.82) is 0 Å². The van der Waals surface area contributed by atoms with Crippen molar-refractivity contribution in [3.05, 3.63) is 52.3 Å². The molecule has 1 amide bonds. The molecule has 3 aromatic rings. The van der Waals surface area contributed by atoms with E-state index in [9.17, 15) is 14.7 Å². The second kappa shape index (κ2) is 8.92. The quantitative estimate of drug-likeness (QED) is 0.451. The van der Waals surface area contributed by atoms with E-state index in [0.29, 0.717) is 23.0 Å². The molecule has 4 rings (SSSR count). The first-order chi connectivity index (χ1) is 16.3. The number of carboxylic acid groups (broad SMARTS) is 1. The molecule has 0 radical (unpaired) electrons. The van der Waals surface area contributed by atoms with Crippen LogP contribution in [0.15, 0.2) is 30.6 Å². The van der Waals surface area contributed by atoms with Crippen LogP contribution in [0.3, 0.4) is 0 Å². The average Bonchev–Trinajstić information content (AvgIpc) is 3.31. The molecular formula is C24H28ClN5O5. The number of aromatic nitrogens is 3. The first-order valence-corrected chi connectivity index (χ1v) is 11.5. The molecule has 10 nitrogen and oxygen atoms in total. The first-order valence-electron chi connectivity index (χ1n) is 11.2. The molecule has 1 aromatic carbocycles. The Kier molecular flexibility index (Phi) is 6.27. The Hall–Kier alpha value is -3.53. The van der Waals surface area contributed by atoms with Gasteiger partial charge < -0.3 is 25.2 Å². The molecule has 11 heteroatoms. The summed E-state index contributed by atoms with van der Waals surface area (Å²) < 4.78 is 13.1. The number of alkyl carbamates (subject to hydrolysis) is 1. The Labute approximate surface area is 207 Å². The highest BCUT2D eigenvalue weighted by molar-refractivity contribution is 6.30. The van der Waals surface area contributed by atoms with Crippen LogP contribution in [0.5, 0.6) is 5.75 Å². The molecule has 3 N–H and O–H groups in total. The summed E-state index contributed by atoms with van der Waals surface area (Å²) in [5.74, 6) is 0.0756. The molecule has 0 bridgehead atoms. The van der Waals surface area contributed by atoms with E-state index >= 15 is 0 Å². The number of nitrogens with one attached hydrogen (secondary N) is 2. The highest BCUT2D eigenvalue weighted by atomic mass is 35.5. The number of carboxylic acids is 1. The van der Waals surface area contributed by atoms with Gasteiger partial charge in [-0.05, 0) is 52.8 Å². The zero-order valence-electron chi connectivity index (χ0n) is 20.2. The zero-order valence-corrected chi connectivity index (χ0v) is 20.9. The smallest absolute Gasteiger partial charge is 0.407 e. The van der Waals surface area contributed by atoms with Gasteiger partial charge in [-0.25, -0.2) is 19.1 Å². The van der Waals surface area contributed by atoms with Crippen LogP contribution in [0.2, 0.25) is 5.02 Å². The summed E-state index contributed by atoms with van der Waals surface area (Å²) >= 11 is 6.42. The molecule has 1 aliphatic rings. The molecule has 1 aliphatic heterocycles. The predicted molar refractivity (Wildman–Crippen MR) is 130 cm³/mol. The average molecular weight is 502 g/mol. The monoisotopic (exact) mass is 501 g/mol. The van der Waals surface area contributed by atoms with Crippen LogP contribution in [0.1, 0.15) is 62.1 Å². The molecule has 2 atom stereocenters. The lowest BCUT2D eigenvalue weighted by Gasteiger charge is -2.27. The van der Waals surface area contributed by atoms with Crippen LogP contribution in [0.4, 0.5) is 10.6 Å². The van der Waals surface area contributed by atoms with Gasteiger partial charge in [0.05, 0.1) is 18.8 Å². The van der Waals surface area contributed by atoms with Crippen LogP contribution < -0.4 is 15.4 Å². The maximum Gasteiger partial charge on any atom is 0.407 e. The number of ether oxygens (including phenoxy) is 2. The molecule has 186 valence electrons. The molecule has 0 spiro atoms. The number of nitrogens with zero attached hydrogens (tertiary/aromatic N) is 3. The van der Waals surface area contributed by atoms with Gasteiger partial charge in [-0.15, -0.1) is 0 Å². The van der Waals surface area contributed by atoms with Crippen LogP contribution in [0.25, 0.3) is 5.65 Å². The van der Waals surface area contributed by atoms with Gasteiger partial charge in [0.25, 0.3) is 0 Å². The fourth-order valence-electron chi connectivity index (χ4n) is 4.01. The normalized spacial score (nSPS) is 18.0. The van der Waals surface area contributed by atoms with Gasteiger partial charge in [0.2, 0.25) is 0 Å². The van der Waals surface area contributed by atoms with Crippen molar-refractivity contribution in [3.63, 3.8) is 0 Å². The summed E-state index contributed by atoms with van der Waals surface area (Å²) in [5.41, 5.74) is 0.739. The molecule has 2 aromatic heterocycles. The molecule has 0 saturated carbocycles. The van der Waals surface area contributed by atoms with Gasteiger partial charge in [-0.1, -0.05) is 11.6 Å². The molecule has 2 unspecified atom stereocenters.